The first-order valence-electron chi connectivity index (χ1n) is 8.22. The molecule has 26 heavy (non-hydrogen) atoms. The fourth-order valence-corrected chi connectivity index (χ4v) is 2.55. The average molecular weight is 390 g/mol. The van der Waals surface area contributed by atoms with Crippen molar-refractivity contribution in [3.05, 3.63) is 70.5 Å². The molecule has 1 N–H and O–H groups in total. The Hall–Kier alpha value is -1.59. The number of rotatable bonds is 5. The van der Waals surface area contributed by atoms with Gasteiger partial charge in [0.15, 0.2) is 0 Å². The van der Waals surface area contributed by atoms with E-state index in [4.69, 9.17) is 0 Å². The second-order valence-corrected chi connectivity index (χ2v) is 7.22. The predicted octanol–water partition coefficient (Wildman–Crippen LogP) is 5.90. The van der Waals surface area contributed by atoms with Crippen LogP contribution in [-0.4, -0.2) is 6.54 Å². The van der Waals surface area contributed by atoms with E-state index in [9.17, 15) is 17.6 Å². The lowest BCUT2D eigenvalue weighted by atomic mass is 9.87. The highest BCUT2D eigenvalue weighted by Crippen LogP contribution is 2.30. The third-order valence-electron chi connectivity index (χ3n) is 4.02. The molecule has 0 radical (unpaired) electrons. The van der Waals surface area contributed by atoms with Gasteiger partial charge < -0.3 is 5.32 Å². The molecular formula is C20H24ClF4N. The van der Waals surface area contributed by atoms with Gasteiger partial charge in [0.1, 0.15) is 5.82 Å². The van der Waals surface area contributed by atoms with E-state index in [1.165, 1.54) is 5.56 Å². The van der Waals surface area contributed by atoms with Gasteiger partial charge in [-0.1, -0.05) is 45.0 Å². The van der Waals surface area contributed by atoms with Crippen molar-refractivity contribution < 1.29 is 17.6 Å². The van der Waals surface area contributed by atoms with Crippen LogP contribution in [0.4, 0.5) is 17.6 Å². The zero-order valence-corrected chi connectivity index (χ0v) is 15.9. The molecule has 2 rings (SSSR count). The van der Waals surface area contributed by atoms with E-state index in [1.54, 1.807) is 0 Å². The Morgan fingerprint density at radius 3 is 2.00 bits per heavy atom. The fraction of sp³-hybridized carbons (Fsp3) is 0.400. The zero-order chi connectivity index (χ0) is 18.7. The van der Waals surface area contributed by atoms with Crippen molar-refractivity contribution >= 4 is 12.4 Å². The van der Waals surface area contributed by atoms with Crippen LogP contribution in [0.3, 0.4) is 0 Å². The molecule has 0 saturated carbocycles. The molecule has 144 valence electrons. The van der Waals surface area contributed by atoms with Gasteiger partial charge in [0.2, 0.25) is 0 Å². The van der Waals surface area contributed by atoms with Crippen LogP contribution in [0.25, 0.3) is 0 Å². The standard InChI is InChI=1S/C20H23F4N.ClH/c1-19(2,3)16-6-4-14(5-7-16)13-25-9-8-15-10-17(20(22,23)24)12-18(21)11-15;/h4-7,10-12,25H,8-9,13H2,1-3H3;1H. The first-order chi connectivity index (χ1) is 11.6. The van der Waals surface area contributed by atoms with Crippen molar-refractivity contribution in [1.82, 2.24) is 5.32 Å². The summed E-state index contributed by atoms with van der Waals surface area (Å²) >= 11 is 0. The molecule has 0 saturated heterocycles. The van der Waals surface area contributed by atoms with Crippen molar-refractivity contribution in [2.24, 2.45) is 0 Å². The lowest BCUT2D eigenvalue weighted by Crippen LogP contribution is -2.17. The number of hydrogen-bond donors (Lipinski definition) is 1. The molecule has 0 unspecified atom stereocenters. The maximum atomic E-state index is 13.3. The summed E-state index contributed by atoms with van der Waals surface area (Å²) in [7, 11) is 0. The highest BCUT2D eigenvalue weighted by Gasteiger charge is 2.31. The first kappa shape index (κ1) is 22.5. The Morgan fingerprint density at radius 2 is 1.46 bits per heavy atom. The number of halogens is 5. The van der Waals surface area contributed by atoms with E-state index < -0.39 is 17.6 Å². The van der Waals surface area contributed by atoms with E-state index in [-0.39, 0.29) is 17.8 Å². The maximum Gasteiger partial charge on any atom is 0.416 e. The molecule has 0 heterocycles. The summed E-state index contributed by atoms with van der Waals surface area (Å²) in [6, 6.07) is 10.9. The topological polar surface area (TPSA) is 12.0 Å². The molecule has 1 nitrogen and oxygen atoms in total. The molecule has 6 heteroatoms. The van der Waals surface area contributed by atoms with Gasteiger partial charge in [0, 0.05) is 6.54 Å². The lowest BCUT2D eigenvalue weighted by Gasteiger charge is -2.19. The van der Waals surface area contributed by atoms with Crippen molar-refractivity contribution in [3.8, 4) is 0 Å². The van der Waals surface area contributed by atoms with Gasteiger partial charge in [-0.3, -0.25) is 0 Å². The third-order valence-corrected chi connectivity index (χ3v) is 4.02. The van der Waals surface area contributed by atoms with Crippen molar-refractivity contribution in [2.75, 3.05) is 6.54 Å². The quantitative estimate of drug-likeness (QED) is 0.496. The van der Waals surface area contributed by atoms with Crippen LogP contribution in [0.5, 0.6) is 0 Å². The Bertz CT molecular complexity index is 703. The van der Waals surface area contributed by atoms with E-state index in [2.05, 4.69) is 38.2 Å². The van der Waals surface area contributed by atoms with Crippen LogP contribution in [-0.2, 0) is 24.6 Å². The summed E-state index contributed by atoms with van der Waals surface area (Å²) in [6.07, 6.45) is -4.19. The summed E-state index contributed by atoms with van der Waals surface area (Å²) in [5, 5.41) is 3.18. The minimum Gasteiger partial charge on any atom is -0.312 e. The predicted molar refractivity (Wildman–Crippen MR) is 99.2 cm³/mol. The Balaban J connectivity index is 0.00000338. The van der Waals surface area contributed by atoms with Gasteiger partial charge in [-0.05, 0) is 53.3 Å². The van der Waals surface area contributed by atoms with Crippen molar-refractivity contribution in [2.45, 2.75) is 45.3 Å². The largest absolute Gasteiger partial charge is 0.416 e. The van der Waals surface area contributed by atoms with Crippen LogP contribution >= 0.6 is 12.4 Å². The van der Waals surface area contributed by atoms with Gasteiger partial charge in [-0.2, -0.15) is 13.2 Å². The highest BCUT2D eigenvalue weighted by molar-refractivity contribution is 5.85. The minimum atomic E-state index is -4.53. The van der Waals surface area contributed by atoms with Gasteiger partial charge in [0.05, 0.1) is 5.56 Å². The molecule has 2 aromatic carbocycles. The number of benzene rings is 2. The van der Waals surface area contributed by atoms with Gasteiger partial charge in [-0.15, -0.1) is 12.4 Å². The van der Waals surface area contributed by atoms with E-state index in [1.807, 2.05) is 12.1 Å². The molecule has 0 amide bonds. The maximum absolute atomic E-state index is 13.3. The zero-order valence-electron chi connectivity index (χ0n) is 15.1. The van der Waals surface area contributed by atoms with Gasteiger partial charge in [0.25, 0.3) is 0 Å². The summed E-state index contributed by atoms with van der Waals surface area (Å²) in [5.74, 6) is -0.859. The van der Waals surface area contributed by atoms with Crippen LogP contribution in [0.1, 0.15) is 43.0 Å². The summed E-state index contributed by atoms with van der Waals surface area (Å²) in [4.78, 5) is 0. The SMILES string of the molecule is CC(C)(C)c1ccc(CNCCc2cc(F)cc(C(F)(F)F)c2)cc1.Cl. The fourth-order valence-electron chi connectivity index (χ4n) is 2.55. The van der Waals surface area contributed by atoms with Crippen LogP contribution in [0.2, 0.25) is 0 Å². The Labute approximate surface area is 158 Å². The minimum absolute atomic E-state index is 0. The molecule has 0 spiro atoms. The average Bonchev–Trinajstić information content (AvgIpc) is 2.50. The van der Waals surface area contributed by atoms with E-state index in [0.29, 0.717) is 31.1 Å². The molecule has 0 aliphatic heterocycles. The molecule has 0 aliphatic carbocycles. The van der Waals surface area contributed by atoms with Crippen LogP contribution < -0.4 is 5.32 Å². The van der Waals surface area contributed by atoms with Gasteiger partial charge >= 0.3 is 6.18 Å². The molecule has 0 aliphatic rings. The second-order valence-electron chi connectivity index (χ2n) is 7.22. The molecular weight excluding hydrogens is 366 g/mol. The first-order valence-corrected chi connectivity index (χ1v) is 8.22. The Kier molecular flexibility index (Phi) is 7.66. The van der Waals surface area contributed by atoms with E-state index in [0.717, 1.165) is 17.7 Å². The van der Waals surface area contributed by atoms with E-state index >= 15 is 0 Å². The van der Waals surface area contributed by atoms with Crippen LogP contribution in [0.15, 0.2) is 42.5 Å². The lowest BCUT2D eigenvalue weighted by molar-refractivity contribution is -0.137. The Morgan fingerprint density at radius 1 is 0.846 bits per heavy atom. The monoisotopic (exact) mass is 389 g/mol. The molecule has 0 aromatic heterocycles. The number of nitrogens with one attached hydrogen (secondary N) is 1. The smallest absolute Gasteiger partial charge is 0.312 e. The van der Waals surface area contributed by atoms with Gasteiger partial charge in [-0.25, -0.2) is 4.39 Å². The summed E-state index contributed by atoms with van der Waals surface area (Å²) < 4.78 is 51.4. The summed E-state index contributed by atoms with van der Waals surface area (Å²) in [6.45, 7) is 7.53. The molecule has 0 bridgehead atoms. The third kappa shape index (κ3) is 6.61. The molecule has 0 atom stereocenters. The molecule has 2 aromatic rings. The molecule has 0 fully saturated rings. The number of alkyl halides is 3. The number of hydrogen-bond acceptors (Lipinski definition) is 1. The van der Waals surface area contributed by atoms with Crippen LogP contribution in [0, 0.1) is 5.82 Å². The van der Waals surface area contributed by atoms with Crippen molar-refractivity contribution in [1.29, 1.82) is 0 Å². The highest BCUT2D eigenvalue weighted by atomic mass is 35.5. The summed E-state index contributed by atoms with van der Waals surface area (Å²) in [5.41, 5.74) is 1.83. The normalized spacial score (nSPS) is 12.0. The second kappa shape index (κ2) is 8.87. The van der Waals surface area contributed by atoms with Crippen molar-refractivity contribution in [3.63, 3.8) is 0 Å².